The molecule has 0 radical (unpaired) electrons. The molecule has 1 unspecified atom stereocenters. The van der Waals surface area contributed by atoms with Crippen LogP contribution in [0.15, 0.2) is 0 Å². The highest BCUT2D eigenvalue weighted by Gasteiger charge is 2.06. The number of aliphatic hydroxyl groups is 2. The lowest BCUT2D eigenvalue weighted by atomic mass is 9.94. The van der Waals surface area contributed by atoms with E-state index in [0.29, 0.717) is 19.1 Å². The van der Waals surface area contributed by atoms with Crippen LogP contribution < -0.4 is 0 Å². The molecule has 0 aromatic carbocycles. The smallest absolute Gasteiger partial charge is 0.0459 e. The van der Waals surface area contributed by atoms with Crippen molar-refractivity contribution < 1.29 is 10.2 Å². The highest BCUT2D eigenvalue weighted by molar-refractivity contribution is 4.59. The van der Waals surface area contributed by atoms with E-state index in [4.69, 9.17) is 5.11 Å². The van der Waals surface area contributed by atoms with Crippen LogP contribution in [0.25, 0.3) is 0 Å². The SMILES string of the molecule is CCCCCCCCCCCCC(CO)CCCCCCCCCO. The summed E-state index contributed by atoms with van der Waals surface area (Å²) in [6, 6.07) is 0. The van der Waals surface area contributed by atoms with Gasteiger partial charge in [-0.3, -0.25) is 0 Å². The molecule has 1 atom stereocenters. The third-order valence-electron chi connectivity index (χ3n) is 5.49. The van der Waals surface area contributed by atoms with Crippen LogP contribution in [-0.2, 0) is 0 Å². The Kier molecular flexibility index (Phi) is 21.9. The molecule has 0 aromatic heterocycles. The highest BCUT2D eigenvalue weighted by Crippen LogP contribution is 2.19. The normalized spacial score (nSPS) is 12.6. The van der Waals surface area contributed by atoms with Crippen molar-refractivity contribution >= 4 is 0 Å². The first kappa shape index (κ1) is 24.9. The first-order valence-electron chi connectivity index (χ1n) is 11.6. The summed E-state index contributed by atoms with van der Waals surface area (Å²) in [7, 11) is 0. The van der Waals surface area contributed by atoms with Crippen molar-refractivity contribution in [2.24, 2.45) is 5.92 Å². The molecule has 0 aromatic rings. The summed E-state index contributed by atoms with van der Waals surface area (Å²) in [5, 5.41) is 18.3. The maximum absolute atomic E-state index is 9.55. The molecule has 2 heteroatoms. The maximum atomic E-state index is 9.55. The summed E-state index contributed by atoms with van der Waals surface area (Å²) in [5.41, 5.74) is 0. The molecule has 25 heavy (non-hydrogen) atoms. The number of hydrogen-bond donors (Lipinski definition) is 2. The summed E-state index contributed by atoms with van der Waals surface area (Å²) in [5.74, 6) is 0.545. The first-order chi connectivity index (χ1) is 12.3. The summed E-state index contributed by atoms with van der Waals surface area (Å²) in [4.78, 5) is 0. The molecule has 0 fully saturated rings. The monoisotopic (exact) mass is 356 g/mol. The standard InChI is InChI=1S/C23H48O2/c1-2-3-4-5-6-7-8-10-13-16-19-23(22-25)20-17-14-11-9-12-15-18-21-24/h23-25H,2-22H2,1H3. The van der Waals surface area contributed by atoms with E-state index in [1.165, 1.54) is 116 Å². The zero-order valence-corrected chi connectivity index (χ0v) is 17.3. The van der Waals surface area contributed by atoms with Gasteiger partial charge in [0.1, 0.15) is 0 Å². The molecule has 0 saturated heterocycles. The average molecular weight is 357 g/mol. The summed E-state index contributed by atoms with van der Waals surface area (Å²) >= 11 is 0. The molecule has 0 aliphatic carbocycles. The van der Waals surface area contributed by atoms with Crippen molar-refractivity contribution in [2.75, 3.05) is 13.2 Å². The van der Waals surface area contributed by atoms with Crippen LogP contribution in [0.4, 0.5) is 0 Å². The molecule has 0 bridgehead atoms. The Bertz CT molecular complexity index is 230. The number of aliphatic hydroxyl groups excluding tert-OH is 2. The van der Waals surface area contributed by atoms with E-state index >= 15 is 0 Å². The van der Waals surface area contributed by atoms with Gasteiger partial charge in [0.05, 0.1) is 0 Å². The Morgan fingerprint density at radius 3 is 1.20 bits per heavy atom. The molecular weight excluding hydrogens is 308 g/mol. The van der Waals surface area contributed by atoms with Gasteiger partial charge in [0, 0.05) is 13.2 Å². The minimum absolute atomic E-state index is 0.344. The van der Waals surface area contributed by atoms with Crippen molar-refractivity contribution in [1.29, 1.82) is 0 Å². The second-order valence-electron chi connectivity index (χ2n) is 8.01. The van der Waals surface area contributed by atoms with Crippen LogP contribution in [0.5, 0.6) is 0 Å². The van der Waals surface area contributed by atoms with E-state index in [9.17, 15) is 5.11 Å². The predicted molar refractivity (Wildman–Crippen MR) is 111 cm³/mol. The summed E-state index contributed by atoms with van der Waals surface area (Å²) in [6.07, 6.45) is 25.0. The van der Waals surface area contributed by atoms with Gasteiger partial charge in [-0.1, -0.05) is 110 Å². The Hall–Kier alpha value is -0.0800. The molecular formula is C23H48O2. The molecule has 0 aliphatic rings. The van der Waals surface area contributed by atoms with Crippen molar-refractivity contribution in [3.63, 3.8) is 0 Å². The fourth-order valence-electron chi connectivity index (χ4n) is 3.68. The van der Waals surface area contributed by atoms with Crippen molar-refractivity contribution in [3.05, 3.63) is 0 Å². The largest absolute Gasteiger partial charge is 0.396 e. The van der Waals surface area contributed by atoms with Crippen LogP contribution in [0, 0.1) is 5.92 Å². The molecule has 0 saturated carbocycles. The summed E-state index contributed by atoms with van der Waals surface area (Å²) in [6.45, 7) is 3.01. The van der Waals surface area contributed by atoms with Gasteiger partial charge in [0.15, 0.2) is 0 Å². The molecule has 0 aliphatic heterocycles. The van der Waals surface area contributed by atoms with E-state index in [-0.39, 0.29) is 0 Å². The number of rotatable bonds is 21. The van der Waals surface area contributed by atoms with Crippen LogP contribution >= 0.6 is 0 Å². The van der Waals surface area contributed by atoms with Crippen molar-refractivity contribution in [3.8, 4) is 0 Å². The van der Waals surface area contributed by atoms with Gasteiger partial charge in [0.25, 0.3) is 0 Å². The second-order valence-corrected chi connectivity index (χ2v) is 8.01. The van der Waals surface area contributed by atoms with Gasteiger partial charge in [-0.25, -0.2) is 0 Å². The predicted octanol–water partition coefficient (Wildman–Crippen LogP) is 7.02. The van der Waals surface area contributed by atoms with Crippen LogP contribution in [0.3, 0.4) is 0 Å². The number of unbranched alkanes of at least 4 members (excludes halogenated alkanes) is 15. The van der Waals surface area contributed by atoms with Crippen LogP contribution in [0.2, 0.25) is 0 Å². The van der Waals surface area contributed by atoms with E-state index in [1.54, 1.807) is 0 Å². The lowest BCUT2D eigenvalue weighted by Gasteiger charge is -2.13. The van der Waals surface area contributed by atoms with Crippen molar-refractivity contribution in [1.82, 2.24) is 0 Å². The quantitative estimate of drug-likeness (QED) is 0.217. The zero-order chi connectivity index (χ0) is 18.4. The Balaban J connectivity index is 3.28. The van der Waals surface area contributed by atoms with Crippen LogP contribution in [-0.4, -0.2) is 23.4 Å². The fourth-order valence-corrected chi connectivity index (χ4v) is 3.68. The second kappa shape index (κ2) is 22.0. The van der Waals surface area contributed by atoms with Gasteiger partial charge in [-0.15, -0.1) is 0 Å². The van der Waals surface area contributed by atoms with E-state index in [1.807, 2.05) is 0 Å². The zero-order valence-electron chi connectivity index (χ0n) is 17.3. The topological polar surface area (TPSA) is 40.5 Å². The number of hydrogen-bond acceptors (Lipinski definition) is 2. The van der Waals surface area contributed by atoms with Gasteiger partial charge in [-0.05, 0) is 25.2 Å². The lowest BCUT2D eigenvalue weighted by molar-refractivity contribution is 0.204. The molecule has 0 spiro atoms. The molecule has 152 valence electrons. The lowest BCUT2D eigenvalue weighted by Crippen LogP contribution is -2.06. The van der Waals surface area contributed by atoms with Gasteiger partial charge >= 0.3 is 0 Å². The van der Waals surface area contributed by atoms with Crippen LogP contribution in [0.1, 0.15) is 129 Å². The highest BCUT2D eigenvalue weighted by atomic mass is 16.3. The minimum atomic E-state index is 0.344. The average Bonchev–Trinajstić information content (AvgIpc) is 2.63. The third-order valence-corrected chi connectivity index (χ3v) is 5.49. The molecule has 0 rings (SSSR count). The molecule has 2 nitrogen and oxygen atoms in total. The summed E-state index contributed by atoms with van der Waals surface area (Å²) < 4.78 is 0. The van der Waals surface area contributed by atoms with E-state index < -0.39 is 0 Å². The van der Waals surface area contributed by atoms with E-state index in [0.717, 1.165) is 6.42 Å². The Morgan fingerprint density at radius 2 is 0.840 bits per heavy atom. The Labute approximate surface area is 158 Å². The Morgan fingerprint density at radius 1 is 0.480 bits per heavy atom. The van der Waals surface area contributed by atoms with Gasteiger partial charge < -0.3 is 10.2 Å². The maximum Gasteiger partial charge on any atom is 0.0459 e. The van der Waals surface area contributed by atoms with E-state index in [2.05, 4.69) is 6.92 Å². The molecule has 0 heterocycles. The third kappa shape index (κ3) is 20.1. The molecule has 0 amide bonds. The molecule has 2 N–H and O–H groups in total. The first-order valence-corrected chi connectivity index (χ1v) is 11.6. The van der Waals surface area contributed by atoms with Gasteiger partial charge in [-0.2, -0.15) is 0 Å². The van der Waals surface area contributed by atoms with Gasteiger partial charge in [0.2, 0.25) is 0 Å². The minimum Gasteiger partial charge on any atom is -0.396 e. The van der Waals surface area contributed by atoms with Crippen molar-refractivity contribution in [2.45, 2.75) is 129 Å². The fraction of sp³-hybridized carbons (Fsp3) is 1.00.